The largest absolute Gasteiger partial charge is 0.493 e. The number of nitrogens with one attached hydrogen (secondary N) is 2. The molecular weight excluding hydrogens is 378 g/mol. The maximum absolute atomic E-state index is 5.42. The Morgan fingerprint density at radius 1 is 1.00 bits per heavy atom. The van der Waals surface area contributed by atoms with E-state index in [4.69, 9.17) is 14.2 Å². The quantitative estimate of drug-likeness (QED) is 0.550. The van der Waals surface area contributed by atoms with E-state index in [1.807, 2.05) is 18.2 Å². The summed E-state index contributed by atoms with van der Waals surface area (Å²) in [6.07, 6.45) is 3.33. The molecule has 0 fully saturated rings. The highest BCUT2D eigenvalue weighted by atomic mass is 16.5. The van der Waals surface area contributed by atoms with Crippen LogP contribution in [0.5, 0.6) is 11.5 Å². The molecule has 1 heterocycles. The van der Waals surface area contributed by atoms with Crippen molar-refractivity contribution in [2.24, 2.45) is 7.05 Å². The molecule has 4 rings (SSSR count). The monoisotopic (exact) mass is 409 g/mol. The van der Waals surface area contributed by atoms with E-state index in [9.17, 15) is 0 Å². The smallest absolute Gasteiger partial charge is 0.162 e. The summed E-state index contributed by atoms with van der Waals surface area (Å²) in [5.41, 5.74) is 6.23. The summed E-state index contributed by atoms with van der Waals surface area (Å²) < 4.78 is 18.3. The minimum atomic E-state index is 0.516. The van der Waals surface area contributed by atoms with Gasteiger partial charge in [-0.3, -0.25) is 0 Å². The number of methoxy groups -OCH3 is 3. The van der Waals surface area contributed by atoms with Crippen LogP contribution in [0.25, 0.3) is 10.9 Å². The van der Waals surface area contributed by atoms with Crippen molar-refractivity contribution < 1.29 is 14.2 Å². The zero-order valence-electron chi connectivity index (χ0n) is 18.2. The molecule has 1 unspecified atom stereocenters. The van der Waals surface area contributed by atoms with Gasteiger partial charge in [-0.25, -0.2) is 0 Å². The highest BCUT2D eigenvalue weighted by Crippen LogP contribution is 2.35. The van der Waals surface area contributed by atoms with Crippen LogP contribution in [0.4, 0.5) is 11.4 Å². The third-order valence-corrected chi connectivity index (χ3v) is 6.03. The van der Waals surface area contributed by atoms with Crippen molar-refractivity contribution in [3.8, 4) is 11.5 Å². The minimum absolute atomic E-state index is 0.516. The number of hydrogen-bond acceptors (Lipinski definition) is 5. The zero-order chi connectivity index (χ0) is 21.1. The Morgan fingerprint density at radius 3 is 2.53 bits per heavy atom. The van der Waals surface area contributed by atoms with Gasteiger partial charge in [-0.05, 0) is 49.1 Å². The topological polar surface area (TPSA) is 56.7 Å². The molecule has 0 bridgehead atoms. The fourth-order valence-electron chi connectivity index (χ4n) is 4.47. The van der Waals surface area contributed by atoms with E-state index in [0.717, 1.165) is 49.5 Å². The third kappa shape index (κ3) is 3.98. The fourth-order valence-corrected chi connectivity index (χ4v) is 4.47. The average molecular weight is 410 g/mol. The van der Waals surface area contributed by atoms with Crippen molar-refractivity contribution in [3.63, 3.8) is 0 Å². The van der Waals surface area contributed by atoms with Crippen LogP contribution in [0, 0.1) is 0 Å². The van der Waals surface area contributed by atoms with E-state index in [1.54, 1.807) is 21.3 Å². The summed E-state index contributed by atoms with van der Waals surface area (Å²) in [5, 5.41) is 8.48. The van der Waals surface area contributed by atoms with Crippen molar-refractivity contribution in [1.29, 1.82) is 0 Å². The first-order valence-electron chi connectivity index (χ1n) is 10.5. The number of rotatable bonds is 8. The second-order valence-corrected chi connectivity index (χ2v) is 7.80. The van der Waals surface area contributed by atoms with Gasteiger partial charge in [0, 0.05) is 55.3 Å². The molecule has 0 saturated heterocycles. The molecular formula is C24H31N3O3. The van der Waals surface area contributed by atoms with Crippen molar-refractivity contribution in [2.45, 2.75) is 25.3 Å². The number of anilines is 2. The predicted octanol–water partition coefficient (Wildman–Crippen LogP) is 4.03. The Morgan fingerprint density at radius 2 is 1.77 bits per heavy atom. The first-order valence-corrected chi connectivity index (χ1v) is 10.5. The molecule has 1 aliphatic rings. The van der Waals surface area contributed by atoms with Gasteiger partial charge in [-0.2, -0.15) is 0 Å². The first kappa shape index (κ1) is 20.6. The Hall–Kier alpha value is -2.70. The molecule has 3 aromatic rings. The zero-order valence-corrected chi connectivity index (χ0v) is 18.2. The van der Waals surface area contributed by atoms with Gasteiger partial charge in [0.2, 0.25) is 0 Å². The summed E-state index contributed by atoms with van der Waals surface area (Å²) >= 11 is 0. The van der Waals surface area contributed by atoms with Crippen LogP contribution in [-0.4, -0.2) is 45.1 Å². The molecule has 0 aliphatic heterocycles. The molecule has 1 atom stereocenters. The standard InChI is InChI=1S/C24H31N3O3/c1-27-21-9-6-16(25-11-12-28-2)13-20(21)19-8-5-17(14-22(19)27)26-18-7-10-23(29-3)24(15-18)30-4/h5,7-8,10,14-16,25-26H,6,9,11-13H2,1-4H3. The van der Waals surface area contributed by atoms with Crippen molar-refractivity contribution in [2.75, 3.05) is 39.8 Å². The molecule has 1 aliphatic carbocycles. The van der Waals surface area contributed by atoms with Crippen molar-refractivity contribution in [3.05, 3.63) is 47.7 Å². The minimum Gasteiger partial charge on any atom is -0.493 e. The number of ether oxygens (including phenoxy) is 3. The molecule has 0 radical (unpaired) electrons. The van der Waals surface area contributed by atoms with E-state index in [0.29, 0.717) is 11.8 Å². The van der Waals surface area contributed by atoms with Gasteiger partial charge in [0.25, 0.3) is 0 Å². The maximum Gasteiger partial charge on any atom is 0.162 e. The Labute approximate surface area is 178 Å². The highest BCUT2D eigenvalue weighted by molar-refractivity contribution is 5.89. The molecule has 6 heteroatoms. The normalized spacial score (nSPS) is 15.8. The highest BCUT2D eigenvalue weighted by Gasteiger charge is 2.24. The molecule has 30 heavy (non-hydrogen) atoms. The molecule has 6 nitrogen and oxygen atoms in total. The van der Waals surface area contributed by atoms with Gasteiger partial charge < -0.3 is 29.4 Å². The van der Waals surface area contributed by atoms with Crippen LogP contribution < -0.4 is 20.1 Å². The van der Waals surface area contributed by atoms with E-state index in [2.05, 4.69) is 40.4 Å². The van der Waals surface area contributed by atoms with Gasteiger partial charge in [-0.15, -0.1) is 0 Å². The van der Waals surface area contributed by atoms with Gasteiger partial charge in [0.05, 0.1) is 26.3 Å². The number of benzene rings is 2. The van der Waals surface area contributed by atoms with Crippen molar-refractivity contribution in [1.82, 2.24) is 9.88 Å². The molecule has 0 saturated carbocycles. The number of hydrogen-bond donors (Lipinski definition) is 2. The fraction of sp³-hybridized carbons (Fsp3) is 0.417. The number of nitrogens with zero attached hydrogens (tertiary/aromatic N) is 1. The SMILES string of the molecule is COCCNC1CCc2c(c3ccc(Nc4ccc(OC)c(OC)c4)cc3n2C)C1. The molecule has 2 N–H and O–H groups in total. The van der Waals surface area contributed by atoms with E-state index >= 15 is 0 Å². The molecule has 0 amide bonds. The van der Waals surface area contributed by atoms with E-state index < -0.39 is 0 Å². The molecule has 2 aromatic carbocycles. The molecule has 1 aromatic heterocycles. The van der Waals surface area contributed by atoms with Crippen LogP contribution >= 0.6 is 0 Å². The average Bonchev–Trinajstić information content (AvgIpc) is 3.05. The summed E-state index contributed by atoms with van der Waals surface area (Å²) in [7, 11) is 7.23. The Balaban J connectivity index is 1.58. The lowest BCUT2D eigenvalue weighted by Crippen LogP contribution is -2.36. The molecule has 0 spiro atoms. The number of aromatic nitrogens is 1. The maximum atomic E-state index is 5.42. The van der Waals surface area contributed by atoms with Crippen LogP contribution in [0.3, 0.4) is 0 Å². The van der Waals surface area contributed by atoms with Gasteiger partial charge >= 0.3 is 0 Å². The van der Waals surface area contributed by atoms with Gasteiger partial charge in [0.15, 0.2) is 11.5 Å². The second-order valence-electron chi connectivity index (χ2n) is 7.80. The van der Waals surface area contributed by atoms with Crippen LogP contribution in [0.1, 0.15) is 17.7 Å². The lowest BCUT2D eigenvalue weighted by atomic mass is 9.91. The third-order valence-electron chi connectivity index (χ3n) is 6.03. The first-order chi connectivity index (χ1) is 14.6. The summed E-state index contributed by atoms with van der Waals surface area (Å²) in [5.74, 6) is 1.44. The lowest BCUT2D eigenvalue weighted by molar-refractivity contribution is 0.194. The Kier molecular flexibility index (Phi) is 6.16. The number of fused-ring (bicyclic) bond motifs is 3. The number of aryl methyl sites for hydroxylation is 1. The van der Waals surface area contributed by atoms with E-state index in [-0.39, 0.29) is 0 Å². The summed E-state index contributed by atoms with van der Waals surface area (Å²) in [6, 6.07) is 13.0. The van der Waals surface area contributed by atoms with Gasteiger partial charge in [0.1, 0.15) is 0 Å². The Bertz CT molecular complexity index is 1030. The summed E-state index contributed by atoms with van der Waals surface area (Å²) in [4.78, 5) is 0. The lowest BCUT2D eigenvalue weighted by Gasteiger charge is -2.24. The van der Waals surface area contributed by atoms with Crippen LogP contribution in [-0.2, 0) is 24.6 Å². The summed E-state index contributed by atoms with van der Waals surface area (Å²) in [6.45, 7) is 1.66. The van der Waals surface area contributed by atoms with Crippen molar-refractivity contribution >= 4 is 22.3 Å². The second kappa shape index (κ2) is 8.98. The predicted molar refractivity (Wildman–Crippen MR) is 121 cm³/mol. The van der Waals surface area contributed by atoms with Crippen LogP contribution in [0.2, 0.25) is 0 Å². The van der Waals surface area contributed by atoms with Gasteiger partial charge in [-0.1, -0.05) is 6.07 Å². The van der Waals surface area contributed by atoms with E-state index in [1.165, 1.54) is 22.2 Å². The van der Waals surface area contributed by atoms with Crippen LogP contribution in [0.15, 0.2) is 36.4 Å². The molecule has 160 valence electrons.